The van der Waals surface area contributed by atoms with Crippen LogP contribution in [0.25, 0.3) is 20.8 Å². The summed E-state index contributed by atoms with van der Waals surface area (Å²) in [6.45, 7) is 3.82. The van der Waals surface area contributed by atoms with Gasteiger partial charge in [-0.3, -0.25) is 14.9 Å². The van der Waals surface area contributed by atoms with E-state index in [1.165, 1.54) is 28.4 Å². The Morgan fingerprint density at radius 3 is 2.67 bits per heavy atom. The van der Waals surface area contributed by atoms with Gasteiger partial charge in [0, 0.05) is 70.0 Å². The van der Waals surface area contributed by atoms with E-state index in [1.54, 1.807) is 25.4 Å². The molecule has 0 spiro atoms. The molecule has 230 valence electrons. The number of ether oxygens (including phenoxy) is 2. The lowest BCUT2D eigenvalue weighted by atomic mass is 10.2. The molecule has 0 saturated carbocycles. The highest BCUT2D eigenvalue weighted by Crippen LogP contribution is 2.39. The summed E-state index contributed by atoms with van der Waals surface area (Å²) in [4.78, 5) is 26.5. The fourth-order valence-electron chi connectivity index (χ4n) is 4.90. The fourth-order valence-corrected chi connectivity index (χ4v) is 6.27. The summed E-state index contributed by atoms with van der Waals surface area (Å²) in [5, 5.41) is 6.50. The van der Waals surface area contributed by atoms with Crippen molar-refractivity contribution >= 4 is 50.6 Å². The lowest BCUT2D eigenvalue weighted by Crippen LogP contribution is -2.38. The topological polar surface area (TPSA) is 91.8 Å². The van der Waals surface area contributed by atoms with Crippen LogP contribution in [-0.2, 0) is 17.8 Å². The Labute approximate surface area is 269 Å². The Bertz CT molecular complexity index is 1800. The van der Waals surface area contributed by atoms with E-state index in [-0.39, 0.29) is 5.75 Å². The number of carbonyl (C=O) groups is 1. The molecular formula is C33H31FN6O3S2. The molecule has 2 N–H and O–H groups in total. The van der Waals surface area contributed by atoms with E-state index in [2.05, 4.69) is 20.6 Å². The number of carbonyl (C=O) groups excluding carboxylic acids is 1. The van der Waals surface area contributed by atoms with Gasteiger partial charge >= 0.3 is 6.03 Å². The van der Waals surface area contributed by atoms with E-state index in [1.807, 2.05) is 59.6 Å². The van der Waals surface area contributed by atoms with Crippen molar-refractivity contribution in [3.05, 3.63) is 102 Å². The summed E-state index contributed by atoms with van der Waals surface area (Å²) in [7, 11) is 1.68. The number of methoxy groups -OCH3 is 1. The highest BCUT2D eigenvalue weighted by Gasteiger charge is 2.30. The molecule has 1 aliphatic rings. The number of thiophene rings is 1. The van der Waals surface area contributed by atoms with Crippen LogP contribution in [0.5, 0.6) is 11.5 Å². The molecule has 3 aromatic heterocycles. The smallest absolute Gasteiger partial charge is 0.328 e. The highest BCUT2D eigenvalue weighted by atomic mass is 32.1. The number of nitrogens with one attached hydrogen (secondary N) is 2. The molecule has 2 amide bonds. The quantitative estimate of drug-likeness (QED) is 0.122. The molecule has 5 aromatic rings. The SMILES string of the molecule is COCCNCc1ccc(-c2cc3nccc(Oc4ccc(NC(=O)N5CCN(Cc6ccccc6)C5=S)cc4F)c3s2)nc1. The van der Waals surface area contributed by atoms with Crippen molar-refractivity contribution in [1.82, 2.24) is 25.1 Å². The van der Waals surface area contributed by atoms with Crippen LogP contribution < -0.4 is 15.4 Å². The van der Waals surface area contributed by atoms with E-state index in [0.717, 1.165) is 38.5 Å². The van der Waals surface area contributed by atoms with Crippen LogP contribution in [-0.4, -0.2) is 64.3 Å². The lowest BCUT2D eigenvalue weighted by Gasteiger charge is -2.21. The first-order valence-corrected chi connectivity index (χ1v) is 15.6. The Balaban J connectivity index is 1.10. The number of thiocarbonyl (C=S) groups is 1. The van der Waals surface area contributed by atoms with Crippen molar-refractivity contribution in [2.45, 2.75) is 13.1 Å². The van der Waals surface area contributed by atoms with Crippen LogP contribution in [0.15, 0.2) is 85.2 Å². The molecule has 1 fully saturated rings. The predicted octanol–water partition coefficient (Wildman–Crippen LogP) is 6.66. The Morgan fingerprint density at radius 1 is 1.02 bits per heavy atom. The number of hydrogen-bond donors (Lipinski definition) is 2. The van der Waals surface area contributed by atoms with Crippen molar-refractivity contribution in [2.24, 2.45) is 0 Å². The summed E-state index contributed by atoms with van der Waals surface area (Å²) < 4.78 is 27.1. The third-order valence-corrected chi connectivity index (χ3v) is 8.86. The normalized spacial score (nSPS) is 13.1. The van der Waals surface area contributed by atoms with Crippen molar-refractivity contribution in [3.8, 4) is 22.1 Å². The van der Waals surface area contributed by atoms with Gasteiger partial charge < -0.3 is 25.0 Å². The van der Waals surface area contributed by atoms with Gasteiger partial charge in [-0.05, 0) is 47.6 Å². The molecule has 9 nitrogen and oxygen atoms in total. The summed E-state index contributed by atoms with van der Waals surface area (Å²) in [6, 6.07) is 21.5. The van der Waals surface area contributed by atoms with E-state index in [9.17, 15) is 4.79 Å². The van der Waals surface area contributed by atoms with Crippen molar-refractivity contribution in [1.29, 1.82) is 0 Å². The van der Waals surface area contributed by atoms with Crippen LogP contribution in [0, 0.1) is 5.82 Å². The minimum Gasteiger partial charge on any atom is -0.453 e. The largest absolute Gasteiger partial charge is 0.453 e. The van der Waals surface area contributed by atoms with Crippen molar-refractivity contribution in [3.63, 3.8) is 0 Å². The van der Waals surface area contributed by atoms with Gasteiger partial charge in [0.25, 0.3) is 0 Å². The summed E-state index contributed by atoms with van der Waals surface area (Å²) in [5.41, 5.74) is 4.03. The highest BCUT2D eigenvalue weighted by molar-refractivity contribution is 7.80. The zero-order valence-corrected chi connectivity index (χ0v) is 26.2. The number of benzene rings is 2. The third-order valence-electron chi connectivity index (χ3n) is 7.22. The summed E-state index contributed by atoms with van der Waals surface area (Å²) in [5.74, 6) is -0.0999. The first-order valence-electron chi connectivity index (χ1n) is 14.4. The minimum atomic E-state index is -0.611. The van der Waals surface area contributed by atoms with Crippen LogP contribution in [0.1, 0.15) is 11.1 Å². The molecule has 6 rings (SSSR count). The fraction of sp³-hybridized carbons (Fsp3) is 0.212. The number of hydrogen-bond acceptors (Lipinski definition) is 8. The number of halogens is 1. The van der Waals surface area contributed by atoms with E-state index < -0.39 is 11.8 Å². The first kappa shape index (κ1) is 30.5. The maximum atomic E-state index is 15.2. The molecular weight excluding hydrogens is 612 g/mol. The Kier molecular flexibility index (Phi) is 9.55. The number of rotatable bonds is 11. The van der Waals surface area contributed by atoms with Gasteiger partial charge in [0.2, 0.25) is 0 Å². The Hall–Kier alpha value is -4.49. The average Bonchev–Trinajstić information content (AvgIpc) is 3.65. The predicted molar refractivity (Wildman–Crippen MR) is 178 cm³/mol. The first-order chi connectivity index (χ1) is 22.0. The van der Waals surface area contributed by atoms with Gasteiger partial charge in [-0.1, -0.05) is 36.4 Å². The number of urea groups is 1. The molecule has 0 atom stereocenters. The second kappa shape index (κ2) is 14.1. The zero-order valence-electron chi connectivity index (χ0n) is 24.5. The van der Waals surface area contributed by atoms with Gasteiger partial charge in [-0.25, -0.2) is 9.18 Å². The van der Waals surface area contributed by atoms with Gasteiger partial charge in [-0.15, -0.1) is 11.3 Å². The van der Waals surface area contributed by atoms with Crippen molar-refractivity contribution < 1.29 is 18.7 Å². The minimum absolute atomic E-state index is 0.0321. The lowest BCUT2D eigenvalue weighted by molar-refractivity contribution is 0.199. The molecule has 12 heteroatoms. The molecule has 1 saturated heterocycles. The van der Waals surface area contributed by atoms with Crippen molar-refractivity contribution in [2.75, 3.05) is 38.7 Å². The monoisotopic (exact) mass is 642 g/mol. The maximum Gasteiger partial charge on any atom is 0.328 e. The number of aromatic nitrogens is 2. The number of fused-ring (bicyclic) bond motifs is 1. The molecule has 0 unspecified atom stereocenters. The molecule has 1 aliphatic heterocycles. The number of anilines is 1. The maximum absolute atomic E-state index is 15.2. The van der Waals surface area contributed by atoms with Gasteiger partial charge in [0.15, 0.2) is 16.7 Å². The van der Waals surface area contributed by atoms with Gasteiger partial charge in [-0.2, -0.15) is 0 Å². The van der Waals surface area contributed by atoms with Crippen LogP contribution >= 0.6 is 23.6 Å². The molecule has 0 aliphatic carbocycles. The third kappa shape index (κ3) is 7.26. The number of pyridine rings is 2. The van der Waals surface area contributed by atoms with E-state index >= 15 is 4.39 Å². The Morgan fingerprint density at radius 2 is 1.89 bits per heavy atom. The molecule has 45 heavy (non-hydrogen) atoms. The number of amides is 2. The molecule has 2 aromatic carbocycles. The summed E-state index contributed by atoms with van der Waals surface area (Å²) in [6.07, 6.45) is 3.47. The zero-order chi connectivity index (χ0) is 31.2. The number of nitrogens with zero attached hydrogens (tertiary/aromatic N) is 4. The van der Waals surface area contributed by atoms with Gasteiger partial charge in [0.05, 0.1) is 27.4 Å². The average molecular weight is 643 g/mol. The molecule has 0 bridgehead atoms. The molecule has 0 radical (unpaired) electrons. The molecule has 4 heterocycles. The standard InChI is InChI=1S/C33H31FN6O3S2/c1-42-16-13-35-19-23-7-9-26(37-20-23)30-18-27-31(45-30)29(11-12-36-27)43-28-10-8-24(17-25(28)34)38-32(41)40-15-14-39(33(40)44)21-22-5-3-2-4-6-22/h2-12,17-18,20,35H,13-16,19,21H2,1H3,(H,38,41). The second-order valence-corrected chi connectivity index (χ2v) is 11.8. The van der Waals surface area contributed by atoms with Gasteiger partial charge in [0.1, 0.15) is 5.75 Å². The van der Waals surface area contributed by atoms with Crippen LogP contribution in [0.3, 0.4) is 0 Å². The van der Waals surface area contributed by atoms with Crippen LogP contribution in [0.2, 0.25) is 0 Å². The van der Waals surface area contributed by atoms with Crippen LogP contribution in [0.4, 0.5) is 14.9 Å². The van der Waals surface area contributed by atoms with E-state index in [4.69, 9.17) is 21.7 Å². The second-order valence-electron chi connectivity index (χ2n) is 10.4. The van der Waals surface area contributed by atoms with E-state index in [0.29, 0.717) is 49.3 Å². The summed E-state index contributed by atoms with van der Waals surface area (Å²) >= 11 is 7.03.